The maximum Gasteiger partial charge on any atom is 0.143 e. The molecule has 162 valence electrons. The van der Waals surface area contributed by atoms with Crippen molar-refractivity contribution in [3.05, 3.63) is 53.5 Å². The molecular formula is C21H16B3N7O2S. The number of aromatic nitrogens is 4. The van der Waals surface area contributed by atoms with Crippen LogP contribution in [-0.2, 0) is 10.5 Å². The average Bonchev–Trinajstić information content (AvgIpc) is 2.81. The van der Waals surface area contributed by atoms with Gasteiger partial charge >= 0.3 is 0 Å². The first-order valence-electron chi connectivity index (χ1n) is 9.88. The van der Waals surface area contributed by atoms with Gasteiger partial charge < -0.3 is 15.2 Å². The molecule has 0 aliphatic heterocycles. The van der Waals surface area contributed by atoms with Crippen LogP contribution in [-0.4, -0.2) is 61.7 Å². The Morgan fingerprint density at radius 1 is 1.18 bits per heavy atom. The van der Waals surface area contributed by atoms with Crippen LogP contribution in [0.4, 0.5) is 5.82 Å². The molecule has 6 radical (unpaired) electrons. The molecule has 0 saturated carbocycles. The lowest BCUT2D eigenvalue weighted by molar-refractivity contribution is 0.0264. The summed E-state index contributed by atoms with van der Waals surface area (Å²) in [4.78, 5) is 8.62. The van der Waals surface area contributed by atoms with E-state index in [0.29, 0.717) is 33.5 Å². The van der Waals surface area contributed by atoms with Crippen LogP contribution < -0.4 is 10.5 Å². The number of nitrogens with zero attached hydrogens (tertiary/aromatic N) is 6. The van der Waals surface area contributed by atoms with Crippen molar-refractivity contribution in [3.8, 4) is 29.1 Å². The molecule has 0 saturated heterocycles. The van der Waals surface area contributed by atoms with E-state index in [4.69, 9.17) is 38.7 Å². The van der Waals surface area contributed by atoms with E-state index in [1.165, 1.54) is 18.0 Å². The predicted molar refractivity (Wildman–Crippen MR) is 129 cm³/mol. The smallest absolute Gasteiger partial charge is 0.143 e. The third-order valence-corrected chi connectivity index (χ3v) is 5.29. The van der Waals surface area contributed by atoms with Gasteiger partial charge in [-0.3, -0.25) is 4.98 Å². The van der Waals surface area contributed by atoms with E-state index in [9.17, 15) is 10.5 Å². The van der Waals surface area contributed by atoms with Gasteiger partial charge in [0.2, 0.25) is 0 Å². The van der Waals surface area contributed by atoms with E-state index < -0.39 is 11.4 Å². The molecule has 3 aromatic rings. The zero-order valence-electron chi connectivity index (χ0n) is 18.2. The summed E-state index contributed by atoms with van der Waals surface area (Å²) in [7, 11) is 16.2. The topological polar surface area (TPSA) is 144 Å². The van der Waals surface area contributed by atoms with Gasteiger partial charge in [0.15, 0.2) is 0 Å². The molecule has 0 aliphatic rings. The summed E-state index contributed by atoms with van der Waals surface area (Å²) in [5, 5.41) is 26.0. The number of nitrogen functional groups attached to an aromatic ring is 1. The predicted octanol–water partition coefficient (Wildman–Crippen LogP) is 1.45. The van der Waals surface area contributed by atoms with Gasteiger partial charge in [0.05, 0.1) is 52.8 Å². The summed E-state index contributed by atoms with van der Waals surface area (Å²) in [5.41, 5.74) is 7.66. The number of rotatable bonds is 9. The molecular weight excluding hydrogens is 447 g/mol. The summed E-state index contributed by atoms with van der Waals surface area (Å²) in [6.07, 6.45) is 2.54. The normalized spacial score (nSPS) is 11.9. The molecule has 0 aliphatic carbocycles. The highest BCUT2D eigenvalue weighted by molar-refractivity contribution is 7.98. The zero-order chi connectivity index (χ0) is 24.7. The van der Waals surface area contributed by atoms with Gasteiger partial charge in [0.25, 0.3) is 0 Å². The van der Waals surface area contributed by atoms with E-state index in [2.05, 4.69) is 26.2 Å². The lowest BCUT2D eigenvalue weighted by Gasteiger charge is -2.26. The Morgan fingerprint density at radius 2 is 1.94 bits per heavy atom. The minimum atomic E-state index is -1.77. The number of nitrogens with two attached hydrogens (primary N) is 1. The summed E-state index contributed by atoms with van der Waals surface area (Å²) < 4.78 is 10.8. The first-order chi connectivity index (χ1) is 16.2. The second-order valence-electron chi connectivity index (χ2n) is 7.13. The average molecular weight is 463 g/mol. The van der Waals surface area contributed by atoms with Gasteiger partial charge in [-0.2, -0.15) is 20.7 Å². The summed E-state index contributed by atoms with van der Waals surface area (Å²) in [6, 6.07) is 11.0. The van der Waals surface area contributed by atoms with E-state index in [1.807, 2.05) is 6.07 Å². The number of hydrogen-bond donors (Lipinski definition) is 1. The lowest BCUT2D eigenvalue weighted by Crippen LogP contribution is -2.39. The molecule has 0 amide bonds. The number of pyridine rings is 2. The van der Waals surface area contributed by atoms with E-state index >= 15 is 0 Å². The third kappa shape index (κ3) is 6.50. The molecule has 2 N–H and O–H groups in total. The molecule has 3 rings (SSSR count). The Morgan fingerprint density at radius 3 is 2.53 bits per heavy atom. The van der Waals surface area contributed by atoms with Crippen molar-refractivity contribution >= 4 is 41.1 Å². The fraction of sp³-hybridized carbons (Fsp3) is 0.238. The van der Waals surface area contributed by atoms with Crippen molar-refractivity contribution in [2.24, 2.45) is 0 Å². The van der Waals surface area contributed by atoms with Gasteiger partial charge in [-0.25, -0.2) is 4.98 Å². The Bertz CT molecular complexity index is 1230. The highest BCUT2D eigenvalue weighted by Crippen LogP contribution is 2.36. The number of nitriles is 2. The van der Waals surface area contributed by atoms with Gasteiger partial charge in [0, 0.05) is 17.5 Å². The molecule has 0 bridgehead atoms. The summed E-state index contributed by atoms with van der Waals surface area (Å²) in [5.74, 6) is 0.837. The molecule has 3 aromatic heterocycles. The molecule has 34 heavy (non-hydrogen) atoms. The fourth-order valence-corrected chi connectivity index (χ4v) is 3.81. The quantitative estimate of drug-likeness (QED) is 0.366. The Hall–Kier alpha value is -3.54. The fourth-order valence-electron chi connectivity index (χ4n) is 2.92. The van der Waals surface area contributed by atoms with Crippen LogP contribution in [0, 0.1) is 22.7 Å². The first-order valence-corrected chi connectivity index (χ1v) is 10.9. The molecule has 3 heterocycles. The maximum absolute atomic E-state index is 9.88. The van der Waals surface area contributed by atoms with Gasteiger partial charge in [-0.15, -0.1) is 0 Å². The SMILES string of the molecule is [B]C([B])([B])OC(C)COc1ccc(-c2c(C#N)c(N)nc(SCc3cccnn3)c2C#N)nc1. The molecule has 13 heteroatoms. The van der Waals surface area contributed by atoms with Crippen LogP contribution in [0.15, 0.2) is 41.7 Å². The summed E-state index contributed by atoms with van der Waals surface area (Å²) >= 11 is 1.26. The van der Waals surface area contributed by atoms with Crippen molar-refractivity contribution < 1.29 is 9.47 Å². The molecule has 0 spiro atoms. The van der Waals surface area contributed by atoms with Crippen LogP contribution in [0.1, 0.15) is 23.7 Å². The summed E-state index contributed by atoms with van der Waals surface area (Å²) in [6.45, 7) is 1.81. The largest absolute Gasteiger partial charge is 0.489 e. The number of ether oxygens (including phenoxy) is 2. The monoisotopic (exact) mass is 463 g/mol. The number of thioether (sulfide) groups is 1. The highest BCUT2D eigenvalue weighted by atomic mass is 32.2. The van der Waals surface area contributed by atoms with Crippen LogP contribution in [0.3, 0.4) is 0 Å². The number of anilines is 1. The van der Waals surface area contributed by atoms with Gasteiger partial charge in [-0.1, -0.05) is 11.8 Å². The Labute approximate surface area is 205 Å². The third-order valence-electron chi connectivity index (χ3n) is 4.28. The minimum absolute atomic E-state index is 0.0000769. The maximum atomic E-state index is 9.88. The molecule has 0 fully saturated rings. The van der Waals surface area contributed by atoms with E-state index in [1.54, 1.807) is 37.4 Å². The first kappa shape index (κ1) is 25.1. The molecule has 1 unspecified atom stereocenters. The lowest BCUT2D eigenvalue weighted by atomic mass is 9.52. The zero-order valence-corrected chi connectivity index (χ0v) is 19.0. The van der Waals surface area contributed by atoms with E-state index in [0.717, 1.165) is 0 Å². The van der Waals surface area contributed by atoms with Gasteiger partial charge in [0.1, 0.15) is 40.9 Å². The number of hydrogen-bond acceptors (Lipinski definition) is 10. The standard InChI is InChI=1S/C21H16B3N7O2S/c1-12(33-21(22,23)24)10-32-14-4-5-17(28-9-14)18-15(7-25)19(27)30-20(16(18)8-26)34-11-13-3-2-6-29-31-13/h2-6,9,12H,10-11H2,1H3,(H2,27,30). The second-order valence-corrected chi connectivity index (χ2v) is 8.09. The van der Waals surface area contributed by atoms with Gasteiger partial charge in [-0.05, 0) is 36.5 Å². The van der Waals surface area contributed by atoms with Crippen molar-refractivity contribution in [2.75, 3.05) is 12.3 Å². The van der Waals surface area contributed by atoms with Crippen molar-refractivity contribution in [1.82, 2.24) is 20.2 Å². The Balaban J connectivity index is 1.87. The van der Waals surface area contributed by atoms with Crippen molar-refractivity contribution in [3.63, 3.8) is 0 Å². The van der Waals surface area contributed by atoms with Crippen molar-refractivity contribution in [2.45, 2.75) is 29.1 Å². The molecule has 0 aromatic carbocycles. The van der Waals surface area contributed by atoms with Crippen LogP contribution >= 0.6 is 11.8 Å². The Kier molecular flexibility index (Phi) is 8.16. The van der Waals surface area contributed by atoms with Crippen LogP contribution in [0.25, 0.3) is 11.3 Å². The highest BCUT2D eigenvalue weighted by Gasteiger charge is 2.22. The minimum Gasteiger partial charge on any atom is -0.489 e. The van der Waals surface area contributed by atoms with Crippen LogP contribution in [0.2, 0.25) is 0 Å². The second kappa shape index (κ2) is 11.1. The van der Waals surface area contributed by atoms with Crippen molar-refractivity contribution in [1.29, 1.82) is 10.5 Å². The molecule has 1 atom stereocenters. The van der Waals surface area contributed by atoms with E-state index in [-0.39, 0.29) is 23.6 Å². The molecule has 9 nitrogen and oxygen atoms in total. The van der Waals surface area contributed by atoms with Crippen LogP contribution in [0.5, 0.6) is 5.75 Å².